The standard InChI is InChI=1S/C17H28N2O2/c20-16(15-13-18-7-9-19(15)10-8-18)14-4-11-21-17(12-14)5-2-1-3-6-17/h14-15H,1-13H2. The number of nitrogens with zero attached hydrogens (tertiary/aromatic N) is 2. The molecule has 2 bridgehead atoms. The van der Waals surface area contributed by atoms with E-state index in [0.717, 1.165) is 52.2 Å². The number of ether oxygens (including phenoxy) is 1. The summed E-state index contributed by atoms with van der Waals surface area (Å²) < 4.78 is 6.16. The fraction of sp³-hybridized carbons (Fsp3) is 0.941. The SMILES string of the molecule is O=C(C1CCOC2(CCCCC2)C1)C1CN2CCN1CC2. The molecule has 4 heterocycles. The van der Waals surface area contributed by atoms with Crippen molar-refractivity contribution in [3.8, 4) is 0 Å². The molecule has 1 saturated carbocycles. The van der Waals surface area contributed by atoms with Gasteiger partial charge in [-0.15, -0.1) is 0 Å². The number of rotatable bonds is 2. The van der Waals surface area contributed by atoms with Crippen LogP contribution in [0.4, 0.5) is 0 Å². The number of piperazine rings is 3. The van der Waals surface area contributed by atoms with Crippen molar-refractivity contribution in [2.24, 2.45) is 5.92 Å². The van der Waals surface area contributed by atoms with Crippen molar-refractivity contribution >= 4 is 5.78 Å². The lowest BCUT2D eigenvalue weighted by Gasteiger charge is -2.49. The molecule has 4 heteroatoms. The van der Waals surface area contributed by atoms with Gasteiger partial charge in [0.25, 0.3) is 0 Å². The van der Waals surface area contributed by atoms with Crippen molar-refractivity contribution < 1.29 is 9.53 Å². The molecule has 5 fully saturated rings. The van der Waals surface area contributed by atoms with Crippen molar-refractivity contribution in [3.05, 3.63) is 0 Å². The van der Waals surface area contributed by atoms with Gasteiger partial charge in [-0.05, 0) is 25.7 Å². The van der Waals surface area contributed by atoms with Crippen LogP contribution in [0.3, 0.4) is 0 Å². The number of fused-ring (bicyclic) bond motifs is 3. The van der Waals surface area contributed by atoms with Crippen LogP contribution in [0.5, 0.6) is 0 Å². The Hall–Kier alpha value is -0.450. The topological polar surface area (TPSA) is 32.8 Å². The molecule has 0 aromatic rings. The van der Waals surface area contributed by atoms with Crippen LogP contribution in [0.15, 0.2) is 0 Å². The van der Waals surface area contributed by atoms with Crippen LogP contribution < -0.4 is 0 Å². The van der Waals surface area contributed by atoms with Gasteiger partial charge >= 0.3 is 0 Å². The van der Waals surface area contributed by atoms with Crippen molar-refractivity contribution in [1.82, 2.24) is 9.80 Å². The summed E-state index contributed by atoms with van der Waals surface area (Å²) in [4.78, 5) is 18.0. The number of carbonyl (C=O) groups excluding carboxylic acids is 1. The molecule has 5 aliphatic rings. The number of hydrogen-bond acceptors (Lipinski definition) is 4. The smallest absolute Gasteiger partial charge is 0.154 e. The molecule has 4 nitrogen and oxygen atoms in total. The molecule has 4 aliphatic heterocycles. The van der Waals surface area contributed by atoms with E-state index in [2.05, 4.69) is 9.80 Å². The summed E-state index contributed by atoms with van der Waals surface area (Å²) in [7, 11) is 0. The minimum atomic E-state index is 0.0557. The molecule has 0 amide bonds. The number of Topliss-reactive ketones (excluding diaryl/α,β-unsaturated/α-hetero) is 1. The molecule has 0 N–H and O–H groups in total. The van der Waals surface area contributed by atoms with Crippen LogP contribution in [0, 0.1) is 5.92 Å². The fourth-order valence-electron chi connectivity index (χ4n) is 4.97. The third-order valence-corrected chi connectivity index (χ3v) is 6.27. The van der Waals surface area contributed by atoms with Crippen LogP contribution in [0.1, 0.15) is 44.9 Å². The zero-order valence-electron chi connectivity index (χ0n) is 13.1. The highest BCUT2D eigenvalue weighted by molar-refractivity contribution is 5.87. The first-order valence-corrected chi connectivity index (χ1v) is 8.90. The second-order valence-electron chi connectivity index (χ2n) is 7.54. The molecular weight excluding hydrogens is 264 g/mol. The maximum Gasteiger partial charge on any atom is 0.154 e. The number of carbonyl (C=O) groups is 1. The first kappa shape index (κ1) is 14.2. The van der Waals surface area contributed by atoms with Gasteiger partial charge in [0, 0.05) is 45.2 Å². The van der Waals surface area contributed by atoms with E-state index in [9.17, 15) is 4.79 Å². The molecule has 0 aromatic carbocycles. The zero-order valence-corrected chi connectivity index (χ0v) is 13.1. The zero-order chi connectivity index (χ0) is 14.3. The summed E-state index contributed by atoms with van der Waals surface area (Å²) in [6, 6.07) is 0.177. The molecule has 0 radical (unpaired) electrons. The lowest BCUT2D eigenvalue weighted by molar-refractivity contribution is -0.150. The van der Waals surface area contributed by atoms with Crippen molar-refractivity contribution in [2.45, 2.75) is 56.6 Å². The fourth-order valence-corrected chi connectivity index (χ4v) is 4.97. The van der Waals surface area contributed by atoms with E-state index < -0.39 is 0 Å². The van der Waals surface area contributed by atoms with E-state index in [0.29, 0.717) is 5.78 Å². The highest BCUT2D eigenvalue weighted by Crippen LogP contribution is 2.41. The van der Waals surface area contributed by atoms with Gasteiger partial charge in [0.1, 0.15) is 0 Å². The van der Waals surface area contributed by atoms with Gasteiger partial charge < -0.3 is 4.74 Å². The summed E-state index contributed by atoms with van der Waals surface area (Å²) in [6.45, 7) is 6.26. The molecule has 1 aliphatic carbocycles. The second-order valence-corrected chi connectivity index (χ2v) is 7.54. The molecule has 118 valence electrons. The van der Waals surface area contributed by atoms with Gasteiger partial charge in [-0.3, -0.25) is 14.6 Å². The molecule has 0 aromatic heterocycles. The average molecular weight is 292 g/mol. The highest BCUT2D eigenvalue weighted by Gasteiger charge is 2.44. The minimum absolute atomic E-state index is 0.0557. The Balaban J connectivity index is 1.44. The first-order valence-electron chi connectivity index (χ1n) is 8.90. The minimum Gasteiger partial charge on any atom is -0.375 e. The van der Waals surface area contributed by atoms with Crippen LogP contribution in [0.2, 0.25) is 0 Å². The van der Waals surface area contributed by atoms with E-state index in [1.807, 2.05) is 0 Å². The Bertz CT molecular complexity index is 392. The molecule has 4 saturated heterocycles. The van der Waals surface area contributed by atoms with Crippen molar-refractivity contribution in [2.75, 3.05) is 39.3 Å². The molecule has 2 unspecified atom stereocenters. The Morgan fingerprint density at radius 3 is 2.48 bits per heavy atom. The summed E-state index contributed by atoms with van der Waals surface area (Å²) in [5.74, 6) is 0.773. The third-order valence-electron chi connectivity index (χ3n) is 6.27. The van der Waals surface area contributed by atoms with Crippen LogP contribution in [0.25, 0.3) is 0 Å². The molecule has 21 heavy (non-hydrogen) atoms. The van der Waals surface area contributed by atoms with E-state index >= 15 is 0 Å². The van der Waals surface area contributed by atoms with Crippen LogP contribution in [-0.2, 0) is 9.53 Å². The van der Waals surface area contributed by atoms with Crippen molar-refractivity contribution in [3.63, 3.8) is 0 Å². The van der Waals surface area contributed by atoms with E-state index in [1.54, 1.807) is 0 Å². The quantitative estimate of drug-likeness (QED) is 0.775. The lowest BCUT2D eigenvalue weighted by atomic mass is 9.74. The molecule has 1 spiro atoms. The summed E-state index contributed by atoms with van der Waals surface area (Å²) >= 11 is 0. The molecule has 5 rings (SSSR count). The maximum atomic E-state index is 13.0. The highest BCUT2D eigenvalue weighted by atomic mass is 16.5. The number of hydrogen-bond donors (Lipinski definition) is 0. The van der Waals surface area contributed by atoms with Gasteiger partial charge in [0.2, 0.25) is 0 Å². The van der Waals surface area contributed by atoms with Gasteiger partial charge in [0.15, 0.2) is 5.78 Å². The number of ketones is 1. The van der Waals surface area contributed by atoms with E-state index in [-0.39, 0.29) is 17.6 Å². The Morgan fingerprint density at radius 1 is 1.05 bits per heavy atom. The largest absolute Gasteiger partial charge is 0.375 e. The van der Waals surface area contributed by atoms with E-state index in [4.69, 9.17) is 4.74 Å². The van der Waals surface area contributed by atoms with Crippen LogP contribution >= 0.6 is 0 Å². The van der Waals surface area contributed by atoms with E-state index in [1.165, 1.54) is 32.1 Å². The van der Waals surface area contributed by atoms with Crippen LogP contribution in [-0.4, -0.2) is 66.6 Å². The van der Waals surface area contributed by atoms with Gasteiger partial charge in [-0.25, -0.2) is 0 Å². The van der Waals surface area contributed by atoms with Gasteiger partial charge in [-0.2, -0.15) is 0 Å². The monoisotopic (exact) mass is 292 g/mol. The van der Waals surface area contributed by atoms with Gasteiger partial charge in [0.05, 0.1) is 11.6 Å². The average Bonchev–Trinajstić information content (AvgIpc) is 2.56. The third kappa shape index (κ3) is 2.66. The normalized spacial score (nSPS) is 42.1. The summed E-state index contributed by atoms with van der Waals surface area (Å²) in [5.41, 5.74) is 0.0557. The first-order chi connectivity index (χ1) is 10.3. The second kappa shape index (κ2) is 5.64. The molecular formula is C17H28N2O2. The Kier molecular flexibility index (Phi) is 3.80. The lowest BCUT2D eigenvalue weighted by Crippen LogP contribution is -2.64. The predicted octanol–water partition coefficient (Wildman–Crippen LogP) is 1.68. The summed E-state index contributed by atoms with van der Waals surface area (Å²) in [5, 5.41) is 0. The predicted molar refractivity (Wildman–Crippen MR) is 81.3 cm³/mol. The Morgan fingerprint density at radius 2 is 1.81 bits per heavy atom. The van der Waals surface area contributed by atoms with Crippen molar-refractivity contribution in [1.29, 1.82) is 0 Å². The maximum absolute atomic E-state index is 13.0. The Labute approximate surface area is 127 Å². The van der Waals surface area contributed by atoms with Gasteiger partial charge in [-0.1, -0.05) is 19.3 Å². The molecule has 2 atom stereocenters. The summed E-state index contributed by atoms with van der Waals surface area (Å²) in [6.07, 6.45) is 8.21.